The number of ketones is 1. The Morgan fingerprint density at radius 1 is 1.15 bits per heavy atom. The summed E-state index contributed by atoms with van der Waals surface area (Å²) < 4.78 is 12.9. The highest BCUT2D eigenvalue weighted by Crippen LogP contribution is 2.68. The van der Waals surface area contributed by atoms with Gasteiger partial charge in [0.25, 0.3) is 0 Å². The highest BCUT2D eigenvalue weighted by atomic mass is 16.8. The average Bonchev–Trinajstić information content (AvgIpc) is 3.55. The van der Waals surface area contributed by atoms with E-state index in [9.17, 15) is 9.59 Å². The monoisotopic (exact) mass is 548 g/mol. The average molecular weight is 549 g/mol. The molecule has 1 aromatic heterocycles. The zero-order valence-corrected chi connectivity index (χ0v) is 24.3. The summed E-state index contributed by atoms with van der Waals surface area (Å²) in [4.78, 5) is 27.2. The zero-order valence-electron chi connectivity index (χ0n) is 24.3. The molecule has 3 N–H and O–H groups in total. The number of H-pyrrole nitrogens is 1. The summed E-state index contributed by atoms with van der Waals surface area (Å²) in [6.45, 7) is 8.87. The SMILES string of the molecule is CC1(C)OC23CCC4(C)C(CCC5Cc6c([nH]c7ccccc67)C54)C2=CC(=O)C1O3.CCCCCNC(=O)CO. The Morgan fingerprint density at radius 3 is 2.73 bits per heavy atom. The largest absolute Gasteiger partial charge is 0.387 e. The van der Waals surface area contributed by atoms with Gasteiger partial charge in [0.15, 0.2) is 17.7 Å². The number of unbranched alkanes of at least 4 members (excludes halogenated alkanes) is 2. The van der Waals surface area contributed by atoms with Crippen LogP contribution in [0.2, 0.25) is 0 Å². The fourth-order valence-electron chi connectivity index (χ4n) is 8.64. The molecule has 7 rings (SSSR count). The van der Waals surface area contributed by atoms with E-state index in [0.717, 1.165) is 44.1 Å². The van der Waals surface area contributed by atoms with Crippen LogP contribution in [0.1, 0.15) is 89.8 Å². The molecule has 3 fully saturated rings. The van der Waals surface area contributed by atoms with Gasteiger partial charge in [-0.3, -0.25) is 9.59 Å². The molecule has 216 valence electrons. The van der Waals surface area contributed by atoms with Gasteiger partial charge in [-0.2, -0.15) is 0 Å². The topological polar surface area (TPSA) is 101 Å². The Kier molecular flexibility index (Phi) is 6.99. The lowest BCUT2D eigenvalue weighted by Gasteiger charge is -2.57. The molecule has 7 nitrogen and oxygen atoms in total. The van der Waals surface area contributed by atoms with E-state index in [1.807, 2.05) is 19.9 Å². The third-order valence-electron chi connectivity index (χ3n) is 10.4. The number of hydrogen-bond acceptors (Lipinski definition) is 5. The van der Waals surface area contributed by atoms with E-state index in [1.165, 1.54) is 35.0 Å². The number of carbonyl (C=O) groups excluding carboxylic acids is 2. The predicted octanol–water partition coefficient (Wildman–Crippen LogP) is 5.32. The fraction of sp³-hybridized carbons (Fsp3) is 0.636. The molecule has 0 radical (unpaired) electrons. The molecule has 1 amide bonds. The van der Waals surface area contributed by atoms with Crippen LogP contribution in [0.25, 0.3) is 10.9 Å². The van der Waals surface area contributed by atoms with E-state index >= 15 is 0 Å². The number of ether oxygens (including phenoxy) is 2. The lowest BCUT2D eigenvalue weighted by Crippen LogP contribution is -2.54. The normalized spacial score (nSPS) is 34.6. The smallest absolute Gasteiger partial charge is 0.245 e. The van der Waals surface area contributed by atoms with Gasteiger partial charge in [0, 0.05) is 35.5 Å². The lowest BCUT2D eigenvalue weighted by molar-refractivity contribution is -0.199. The Labute approximate surface area is 237 Å². The van der Waals surface area contributed by atoms with E-state index < -0.39 is 24.1 Å². The van der Waals surface area contributed by atoms with Crippen molar-refractivity contribution in [1.82, 2.24) is 10.3 Å². The molecule has 6 unspecified atom stereocenters. The van der Waals surface area contributed by atoms with E-state index in [1.54, 1.807) is 0 Å². The number of aliphatic hydroxyl groups is 1. The quantitative estimate of drug-likeness (QED) is 0.439. The first-order chi connectivity index (χ1) is 19.1. The number of nitrogens with one attached hydrogen (secondary N) is 2. The lowest BCUT2D eigenvalue weighted by atomic mass is 9.50. The van der Waals surface area contributed by atoms with Crippen molar-refractivity contribution in [1.29, 1.82) is 0 Å². The number of aliphatic hydroxyl groups excluding tert-OH is 1. The van der Waals surface area contributed by atoms with Gasteiger partial charge in [-0.25, -0.2) is 0 Å². The summed E-state index contributed by atoms with van der Waals surface area (Å²) in [5.74, 6) is 0.674. The van der Waals surface area contributed by atoms with Gasteiger partial charge >= 0.3 is 0 Å². The maximum Gasteiger partial charge on any atom is 0.245 e. The van der Waals surface area contributed by atoms with Gasteiger partial charge in [0.1, 0.15) is 12.2 Å². The number of hydrogen-bond donors (Lipinski definition) is 3. The summed E-state index contributed by atoms with van der Waals surface area (Å²) in [6.07, 6.45) is 10.2. The number of aromatic nitrogens is 1. The number of carbonyl (C=O) groups is 2. The van der Waals surface area contributed by atoms with Gasteiger partial charge < -0.3 is 24.9 Å². The first-order valence-electron chi connectivity index (χ1n) is 15.2. The number of aromatic amines is 1. The van der Waals surface area contributed by atoms with Crippen molar-refractivity contribution in [2.24, 2.45) is 17.3 Å². The molecule has 40 heavy (non-hydrogen) atoms. The number of para-hydroxylation sites is 1. The fourth-order valence-corrected chi connectivity index (χ4v) is 8.64. The summed E-state index contributed by atoms with van der Waals surface area (Å²) >= 11 is 0. The number of fused-ring (bicyclic) bond motifs is 9. The van der Waals surface area contributed by atoms with Gasteiger partial charge in [0.2, 0.25) is 5.91 Å². The third-order valence-corrected chi connectivity index (χ3v) is 10.4. The number of rotatable bonds is 5. The van der Waals surface area contributed by atoms with Crippen LogP contribution in [0.4, 0.5) is 0 Å². The Bertz CT molecular complexity index is 1340. The van der Waals surface area contributed by atoms with Crippen LogP contribution < -0.4 is 5.32 Å². The first-order valence-corrected chi connectivity index (χ1v) is 15.2. The Hall–Kier alpha value is -2.48. The first kappa shape index (κ1) is 27.7. The number of amides is 1. The highest BCUT2D eigenvalue weighted by molar-refractivity contribution is 5.97. The second-order valence-corrected chi connectivity index (χ2v) is 13.3. The summed E-state index contributed by atoms with van der Waals surface area (Å²) in [7, 11) is 0. The maximum atomic E-state index is 13.0. The minimum atomic E-state index is -0.680. The summed E-state index contributed by atoms with van der Waals surface area (Å²) in [5.41, 5.74) is 4.95. The van der Waals surface area contributed by atoms with Crippen molar-refractivity contribution >= 4 is 22.6 Å². The molecule has 2 aromatic rings. The van der Waals surface area contributed by atoms with E-state index in [0.29, 0.717) is 24.3 Å². The molecule has 2 saturated carbocycles. The maximum absolute atomic E-state index is 13.0. The van der Waals surface area contributed by atoms with E-state index in [2.05, 4.69) is 48.4 Å². The molecule has 3 aliphatic carbocycles. The van der Waals surface area contributed by atoms with Gasteiger partial charge in [-0.05, 0) is 86.5 Å². The van der Waals surface area contributed by atoms with E-state index in [-0.39, 0.29) is 17.1 Å². The molecular formula is C33H44N2O5. The molecule has 7 heteroatoms. The van der Waals surface area contributed by atoms with Crippen molar-refractivity contribution in [3.05, 3.63) is 47.2 Å². The molecular weight excluding hydrogens is 504 g/mol. The molecule has 1 spiro atoms. The number of benzene rings is 1. The standard InChI is InChI=1S/C26H29NO3.C7H15NO2/c1-24(2)23-20(28)13-18-17-9-8-14-12-16-15-6-4-5-7-19(15)27-22(16)21(14)25(17,3)10-11-26(18,29-23)30-24;1-2-3-4-5-8-7(10)6-9/h4-7,13-14,17,21,23,27H,8-12H2,1-3H3;9H,2-6H2,1H3,(H,8,10). The van der Waals surface area contributed by atoms with Crippen LogP contribution in [-0.4, -0.2) is 52.4 Å². The Morgan fingerprint density at radius 2 is 1.95 bits per heavy atom. The minimum Gasteiger partial charge on any atom is -0.387 e. The van der Waals surface area contributed by atoms with Gasteiger partial charge in [-0.15, -0.1) is 0 Å². The van der Waals surface area contributed by atoms with E-state index in [4.69, 9.17) is 14.6 Å². The van der Waals surface area contributed by atoms with Crippen molar-refractivity contribution in [2.45, 2.75) is 102 Å². The van der Waals surface area contributed by atoms with Crippen molar-refractivity contribution < 1.29 is 24.2 Å². The third kappa shape index (κ3) is 4.27. The molecule has 1 aromatic carbocycles. The summed E-state index contributed by atoms with van der Waals surface area (Å²) in [6, 6.07) is 8.74. The van der Waals surface area contributed by atoms with Crippen LogP contribution in [0.5, 0.6) is 0 Å². The van der Waals surface area contributed by atoms with Gasteiger partial charge in [-0.1, -0.05) is 44.9 Å². The van der Waals surface area contributed by atoms with Crippen LogP contribution in [0, 0.1) is 17.3 Å². The molecule has 3 heterocycles. The second-order valence-electron chi connectivity index (χ2n) is 13.3. The summed E-state index contributed by atoms with van der Waals surface area (Å²) in [5, 5.41) is 12.3. The van der Waals surface area contributed by atoms with Crippen molar-refractivity contribution in [3.8, 4) is 0 Å². The van der Waals surface area contributed by atoms with Crippen LogP contribution in [-0.2, 0) is 25.5 Å². The van der Waals surface area contributed by atoms with Crippen LogP contribution in [0.3, 0.4) is 0 Å². The minimum absolute atomic E-state index is 0.0900. The molecule has 6 atom stereocenters. The van der Waals surface area contributed by atoms with Crippen LogP contribution in [0.15, 0.2) is 35.9 Å². The predicted molar refractivity (Wildman–Crippen MR) is 154 cm³/mol. The zero-order chi connectivity index (χ0) is 28.3. The molecule has 5 aliphatic rings. The molecule has 2 aliphatic heterocycles. The highest BCUT2D eigenvalue weighted by Gasteiger charge is 2.66. The molecule has 1 saturated heterocycles. The molecule has 2 bridgehead atoms. The van der Waals surface area contributed by atoms with Crippen LogP contribution >= 0.6 is 0 Å². The second kappa shape index (κ2) is 10.1. The Balaban J connectivity index is 0.000000251. The van der Waals surface area contributed by atoms with Crippen molar-refractivity contribution in [2.75, 3.05) is 13.2 Å². The van der Waals surface area contributed by atoms with Gasteiger partial charge in [0.05, 0.1) is 0 Å². The van der Waals surface area contributed by atoms with Crippen molar-refractivity contribution in [3.63, 3.8) is 0 Å².